The quantitative estimate of drug-likeness (QED) is 0.169. The van der Waals surface area contributed by atoms with Crippen LogP contribution in [0.3, 0.4) is 0 Å². The van der Waals surface area contributed by atoms with E-state index >= 15 is 0 Å². The third-order valence-corrected chi connectivity index (χ3v) is 5.01. The Morgan fingerprint density at radius 1 is 0.800 bits per heavy atom. The molecule has 126 valence electrons. The zero-order chi connectivity index (χ0) is 15.2. The van der Waals surface area contributed by atoms with Gasteiger partial charge in [-0.2, -0.15) is 24.3 Å². The molecular formula is C21H19Cl2HfP. The first-order valence-electron chi connectivity index (χ1n) is 7.48. The molecule has 0 spiro atoms. The number of fused-ring (bicyclic) bond motifs is 1. The Balaban J connectivity index is 0.000000630. The van der Waals surface area contributed by atoms with Crippen LogP contribution in [-0.2, 0) is 25.8 Å². The number of hydrogen-bond acceptors (Lipinski definition) is 0. The Hall–Kier alpha value is -0.720. The van der Waals surface area contributed by atoms with Crippen LogP contribution in [0, 0.1) is 6.92 Å². The molecule has 0 fully saturated rings. The van der Waals surface area contributed by atoms with Crippen LogP contribution >= 0.6 is 8.58 Å². The standard InChI is InChI=1S/C16H14P.C5H5.2ClH.Hf/c1-12-6-2-5-9-16(12)17-15-10-13-7-3-4-8-14(13)11-15;1-2-4-5-3-1;;;/h2-11,17H,1H3;1-5H;2*1H;/q2*-1;;;+4/p-2. The summed E-state index contributed by atoms with van der Waals surface area (Å²) >= 11 is 0. The van der Waals surface area contributed by atoms with Gasteiger partial charge in [-0.25, -0.2) is 12.1 Å². The van der Waals surface area contributed by atoms with Crippen LogP contribution in [0.15, 0.2) is 91.0 Å². The van der Waals surface area contributed by atoms with Crippen molar-refractivity contribution in [3.8, 4) is 0 Å². The molecule has 4 aromatic carbocycles. The van der Waals surface area contributed by atoms with Crippen molar-refractivity contribution < 1.29 is 50.7 Å². The molecule has 0 bridgehead atoms. The number of benzene rings is 2. The van der Waals surface area contributed by atoms with Gasteiger partial charge >= 0.3 is 25.8 Å². The van der Waals surface area contributed by atoms with Crippen LogP contribution in [-0.4, -0.2) is 0 Å². The van der Waals surface area contributed by atoms with E-state index in [2.05, 4.69) is 67.6 Å². The van der Waals surface area contributed by atoms with Gasteiger partial charge in [0.2, 0.25) is 0 Å². The topological polar surface area (TPSA) is 0 Å². The average Bonchev–Trinajstić information content (AvgIpc) is 3.21. The van der Waals surface area contributed by atoms with E-state index in [-0.39, 0.29) is 50.7 Å². The van der Waals surface area contributed by atoms with E-state index in [4.69, 9.17) is 0 Å². The monoisotopic (exact) mass is 552 g/mol. The van der Waals surface area contributed by atoms with Crippen LogP contribution in [0.4, 0.5) is 0 Å². The van der Waals surface area contributed by atoms with Gasteiger partial charge in [0.25, 0.3) is 0 Å². The van der Waals surface area contributed by atoms with Crippen LogP contribution in [0.5, 0.6) is 0 Å². The predicted octanol–water partition coefficient (Wildman–Crippen LogP) is -1.09. The maximum Gasteiger partial charge on any atom is 4.00 e. The molecule has 0 aromatic heterocycles. The Morgan fingerprint density at radius 2 is 1.44 bits per heavy atom. The third kappa shape index (κ3) is 7.19. The fourth-order valence-electron chi connectivity index (χ4n) is 2.41. The second-order valence-electron chi connectivity index (χ2n) is 5.28. The molecule has 0 amide bonds. The van der Waals surface area contributed by atoms with E-state index in [0.717, 1.165) is 8.58 Å². The van der Waals surface area contributed by atoms with Crippen LogP contribution in [0.1, 0.15) is 5.56 Å². The van der Waals surface area contributed by atoms with Crippen LogP contribution in [0.25, 0.3) is 10.8 Å². The van der Waals surface area contributed by atoms with E-state index in [1.54, 1.807) is 0 Å². The minimum absolute atomic E-state index is 0. The summed E-state index contributed by atoms with van der Waals surface area (Å²) in [6.07, 6.45) is 0. The molecule has 0 N–H and O–H groups in total. The van der Waals surface area contributed by atoms with Crippen molar-refractivity contribution in [1.29, 1.82) is 0 Å². The molecule has 0 aliphatic carbocycles. The van der Waals surface area contributed by atoms with E-state index < -0.39 is 0 Å². The van der Waals surface area contributed by atoms with Gasteiger partial charge in [-0.15, -0.1) is 40.3 Å². The van der Waals surface area contributed by atoms with Crippen molar-refractivity contribution in [2.45, 2.75) is 6.92 Å². The molecule has 1 atom stereocenters. The summed E-state index contributed by atoms with van der Waals surface area (Å²) in [6.45, 7) is 2.19. The summed E-state index contributed by atoms with van der Waals surface area (Å²) in [7, 11) is 0.759. The third-order valence-electron chi connectivity index (χ3n) is 3.60. The molecule has 25 heavy (non-hydrogen) atoms. The van der Waals surface area contributed by atoms with Crippen molar-refractivity contribution in [2.24, 2.45) is 0 Å². The second kappa shape index (κ2) is 12.6. The van der Waals surface area contributed by atoms with Crippen molar-refractivity contribution >= 4 is 30.0 Å². The van der Waals surface area contributed by atoms with Crippen LogP contribution in [0.2, 0.25) is 0 Å². The second-order valence-corrected chi connectivity index (χ2v) is 6.64. The molecular weight excluding hydrogens is 533 g/mol. The number of aryl methyl sites for hydroxylation is 1. The molecule has 0 heterocycles. The van der Waals surface area contributed by atoms with Gasteiger partial charge in [0.15, 0.2) is 0 Å². The first-order valence-corrected chi connectivity index (χ1v) is 8.48. The maximum atomic E-state index is 2.31. The van der Waals surface area contributed by atoms with Gasteiger partial charge in [-0.05, 0) is 17.8 Å². The van der Waals surface area contributed by atoms with E-state index in [1.165, 1.54) is 26.9 Å². The molecule has 0 aliphatic heterocycles. The smallest absolute Gasteiger partial charge is 1.00 e. The molecule has 4 aromatic rings. The number of halogens is 2. The summed E-state index contributed by atoms with van der Waals surface area (Å²) in [5.74, 6) is 0. The van der Waals surface area contributed by atoms with Gasteiger partial charge < -0.3 is 24.8 Å². The molecule has 0 radical (unpaired) electrons. The Labute approximate surface area is 183 Å². The normalized spacial score (nSPS) is 9.48. The number of rotatable bonds is 2. The van der Waals surface area contributed by atoms with E-state index in [0.29, 0.717) is 0 Å². The molecule has 0 aliphatic rings. The summed E-state index contributed by atoms with van der Waals surface area (Å²) in [5, 5.41) is 5.58. The van der Waals surface area contributed by atoms with E-state index in [1.807, 2.05) is 30.3 Å². The largest absolute Gasteiger partial charge is 4.00 e. The summed E-state index contributed by atoms with van der Waals surface area (Å²) in [5.41, 5.74) is 1.39. The van der Waals surface area contributed by atoms with Crippen molar-refractivity contribution in [1.82, 2.24) is 0 Å². The summed E-state index contributed by atoms with van der Waals surface area (Å²) < 4.78 is 0. The molecule has 0 saturated heterocycles. The van der Waals surface area contributed by atoms with Gasteiger partial charge in [0.1, 0.15) is 0 Å². The first kappa shape index (κ1) is 24.3. The molecule has 4 heteroatoms. The Bertz CT molecular complexity index is 788. The predicted molar refractivity (Wildman–Crippen MR) is 100 cm³/mol. The zero-order valence-electron chi connectivity index (χ0n) is 13.9. The van der Waals surface area contributed by atoms with Crippen molar-refractivity contribution in [2.75, 3.05) is 0 Å². The minimum atomic E-state index is 0. The van der Waals surface area contributed by atoms with Gasteiger partial charge in [0, 0.05) is 0 Å². The first-order chi connectivity index (χ1) is 10.8. The molecule has 0 nitrogen and oxygen atoms in total. The SMILES string of the molecule is Cc1ccccc1Pc1cc2ccccc2[cH-]1.[Cl-].[Cl-].[Hf+4].c1cc[cH-]c1. The molecule has 1 unspecified atom stereocenters. The van der Waals surface area contributed by atoms with Gasteiger partial charge in [-0.1, -0.05) is 38.9 Å². The number of hydrogen-bond donors (Lipinski definition) is 0. The van der Waals surface area contributed by atoms with Gasteiger partial charge in [-0.3, -0.25) is 0 Å². The van der Waals surface area contributed by atoms with Crippen LogP contribution < -0.4 is 35.4 Å². The fourth-order valence-corrected chi connectivity index (χ4v) is 3.64. The average molecular weight is 552 g/mol. The zero-order valence-corrected chi connectivity index (χ0v) is 20.0. The van der Waals surface area contributed by atoms with Gasteiger partial charge in [0.05, 0.1) is 0 Å². The maximum absolute atomic E-state index is 2.31. The Morgan fingerprint density at radius 3 is 2.04 bits per heavy atom. The molecule has 4 rings (SSSR count). The summed E-state index contributed by atoms with van der Waals surface area (Å²) in [6, 6.07) is 31.8. The minimum Gasteiger partial charge on any atom is -1.00 e. The van der Waals surface area contributed by atoms with E-state index in [9.17, 15) is 0 Å². The fraction of sp³-hybridized carbons (Fsp3) is 0.0476. The van der Waals surface area contributed by atoms with Crippen molar-refractivity contribution in [3.63, 3.8) is 0 Å². The summed E-state index contributed by atoms with van der Waals surface area (Å²) in [4.78, 5) is 0. The Kier molecular flexibility index (Phi) is 12.2. The van der Waals surface area contributed by atoms with Crippen molar-refractivity contribution in [3.05, 3.63) is 96.6 Å². The molecule has 0 saturated carbocycles.